The number of nitrogens with two attached hydrogens (primary N) is 1. The highest BCUT2D eigenvalue weighted by molar-refractivity contribution is 7.18. The number of aromatic nitrogens is 2. The number of aryl methyl sites for hydroxylation is 2. The summed E-state index contributed by atoms with van der Waals surface area (Å²) in [7, 11) is 0. The molecular weight excluding hydrogens is 272 g/mol. The SMILES string of the molecule is Cc1sc2nc(CN3CCCC3CN)[nH]c(=O)c2c1C. The Morgan fingerprint density at radius 2 is 2.30 bits per heavy atom. The molecule has 0 aliphatic carbocycles. The second kappa shape index (κ2) is 5.27. The Morgan fingerprint density at radius 1 is 1.50 bits per heavy atom. The van der Waals surface area contributed by atoms with Crippen LogP contribution in [0.5, 0.6) is 0 Å². The normalized spacial score (nSPS) is 20.1. The van der Waals surface area contributed by atoms with E-state index in [2.05, 4.69) is 14.9 Å². The van der Waals surface area contributed by atoms with Gasteiger partial charge in [0.2, 0.25) is 0 Å². The summed E-state index contributed by atoms with van der Waals surface area (Å²) in [5.74, 6) is 0.754. The lowest BCUT2D eigenvalue weighted by Crippen LogP contribution is -2.35. The quantitative estimate of drug-likeness (QED) is 0.899. The minimum atomic E-state index is -0.0182. The first-order valence-electron chi connectivity index (χ1n) is 7.03. The maximum atomic E-state index is 12.2. The second-order valence-corrected chi connectivity index (χ2v) is 6.68. The lowest BCUT2D eigenvalue weighted by Gasteiger charge is -2.22. The molecule has 1 atom stereocenters. The molecule has 6 heteroatoms. The Hall–Kier alpha value is -1.24. The number of H-pyrrole nitrogens is 1. The summed E-state index contributed by atoms with van der Waals surface area (Å²) >= 11 is 1.60. The fraction of sp³-hybridized carbons (Fsp3) is 0.571. The fourth-order valence-electron chi connectivity index (χ4n) is 2.94. The van der Waals surface area contributed by atoms with E-state index in [1.165, 1.54) is 6.42 Å². The van der Waals surface area contributed by atoms with E-state index in [4.69, 9.17) is 5.73 Å². The number of aromatic amines is 1. The number of nitrogens with zero attached hydrogens (tertiary/aromatic N) is 2. The molecular formula is C14H20N4OS. The van der Waals surface area contributed by atoms with Gasteiger partial charge in [-0.25, -0.2) is 4.98 Å². The number of hydrogen-bond donors (Lipinski definition) is 2. The third-order valence-corrected chi connectivity index (χ3v) is 5.31. The minimum Gasteiger partial charge on any atom is -0.329 e. The molecule has 1 aliphatic rings. The van der Waals surface area contributed by atoms with Crippen LogP contribution in [0.2, 0.25) is 0 Å². The topological polar surface area (TPSA) is 75.0 Å². The third kappa shape index (κ3) is 2.28. The van der Waals surface area contributed by atoms with Crippen molar-refractivity contribution in [1.82, 2.24) is 14.9 Å². The summed E-state index contributed by atoms with van der Waals surface area (Å²) in [5.41, 5.74) is 6.82. The summed E-state index contributed by atoms with van der Waals surface area (Å²) in [4.78, 5) is 24.1. The molecule has 3 N–H and O–H groups in total. The van der Waals surface area contributed by atoms with Gasteiger partial charge in [-0.2, -0.15) is 0 Å². The number of fused-ring (bicyclic) bond motifs is 1. The van der Waals surface area contributed by atoms with Crippen LogP contribution in [0.4, 0.5) is 0 Å². The number of rotatable bonds is 3. The van der Waals surface area contributed by atoms with Gasteiger partial charge in [-0.3, -0.25) is 9.69 Å². The average Bonchev–Trinajstić information content (AvgIpc) is 2.95. The Balaban J connectivity index is 1.95. The molecule has 3 heterocycles. The minimum absolute atomic E-state index is 0.0182. The molecule has 20 heavy (non-hydrogen) atoms. The standard InChI is InChI=1S/C14H20N4OS/c1-8-9(2)20-14-12(8)13(19)16-11(17-14)7-18-5-3-4-10(18)6-15/h10H,3-7,15H2,1-2H3,(H,16,17,19). The number of nitrogens with one attached hydrogen (secondary N) is 1. The smallest absolute Gasteiger partial charge is 0.259 e. The molecule has 1 saturated heterocycles. The molecule has 1 fully saturated rings. The van der Waals surface area contributed by atoms with E-state index in [1.54, 1.807) is 11.3 Å². The maximum absolute atomic E-state index is 12.2. The molecule has 2 aromatic rings. The Bertz CT molecular complexity index is 690. The molecule has 5 nitrogen and oxygen atoms in total. The summed E-state index contributed by atoms with van der Waals surface area (Å²) < 4.78 is 0. The molecule has 0 radical (unpaired) electrons. The second-order valence-electron chi connectivity index (χ2n) is 5.48. The van der Waals surface area contributed by atoms with Crippen molar-refractivity contribution >= 4 is 21.6 Å². The average molecular weight is 292 g/mol. The van der Waals surface area contributed by atoms with Crippen LogP contribution < -0.4 is 11.3 Å². The number of hydrogen-bond acceptors (Lipinski definition) is 5. The lowest BCUT2D eigenvalue weighted by atomic mass is 10.2. The fourth-order valence-corrected chi connectivity index (χ4v) is 3.99. The van der Waals surface area contributed by atoms with Crippen LogP contribution in [0.25, 0.3) is 10.2 Å². The van der Waals surface area contributed by atoms with Gasteiger partial charge in [0.1, 0.15) is 10.7 Å². The van der Waals surface area contributed by atoms with E-state index in [-0.39, 0.29) is 5.56 Å². The van der Waals surface area contributed by atoms with Crippen LogP contribution in [-0.2, 0) is 6.54 Å². The van der Waals surface area contributed by atoms with Gasteiger partial charge in [0, 0.05) is 17.5 Å². The highest BCUT2D eigenvalue weighted by Crippen LogP contribution is 2.26. The molecule has 1 aliphatic heterocycles. The molecule has 0 aromatic carbocycles. The lowest BCUT2D eigenvalue weighted by molar-refractivity contribution is 0.244. The molecule has 3 rings (SSSR count). The van der Waals surface area contributed by atoms with Crippen LogP contribution >= 0.6 is 11.3 Å². The highest BCUT2D eigenvalue weighted by atomic mass is 32.1. The van der Waals surface area contributed by atoms with Crippen molar-refractivity contribution in [2.24, 2.45) is 5.73 Å². The first-order chi connectivity index (χ1) is 9.60. The van der Waals surface area contributed by atoms with Crippen molar-refractivity contribution in [2.45, 2.75) is 39.3 Å². The van der Waals surface area contributed by atoms with Gasteiger partial charge in [0.15, 0.2) is 0 Å². The van der Waals surface area contributed by atoms with E-state index in [0.717, 1.165) is 39.4 Å². The first-order valence-corrected chi connectivity index (χ1v) is 7.85. The first kappa shape index (κ1) is 13.7. The zero-order valence-electron chi connectivity index (χ0n) is 11.9. The van der Waals surface area contributed by atoms with Crippen molar-refractivity contribution in [3.05, 3.63) is 26.6 Å². The molecule has 108 valence electrons. The van der Waals surface area contributed by atoms with E-state index >= 15 is 0 Å². The zero-order valence-corrected chi connectivity index (χ0v) is 12.7. The van der Waals surface area contributed by atoms with Gasteiger partial charge in [0.05, 0.1) is 11.9 Å². The van der Waals surface area contributed by atoms with Crippen molar-refractivity contribution in [3.8, 4) is 0 Å². The predicted molar refractivity (Wildman–Crippen MR) is 82.2 cm³/mol. The molecule has 0 bridgehead atoms. The molecule has 1 unspecified atom stereocenters. The monoisotopic (exact) mass is 292 g/mol. The van der Waals surface area contributed by atoms with E-state index in [1.807, 2.05) is 13.8 Å². The highest BCUT2D eigenvalue weighted by Gasteiger charge is 2.24. The Morgan fingerprint density at radius 3 is 3.05 bits per heavy atom. The largest absolute Gasteiger partial charge is 0.329 e. The molecule has 0 amide bonds. The van der Waals surface area contributed by atoms with E-state index < -0.39 is 0 Å². The number of thiophene rings is 1. The van der Waals surface area contributed by atoms with Gasteiger partial charge in [-0.05, 0) is 38.8 Å². The van der Waals surface area contributed by atoms with Crippen molar-refractivity contribution in [2.75, 3.05) is 13.1 Å². The van der Waals surface area contributed by atoms with Gasteiger partial charge in [-0.1, -0.05) is 0 Å². The van der Waals surface area contributed by atoms with Crippen LogP contribution in [0.15, 0.2) is 4.79 Å². The van der Waals surface area contributed by atoms with Gasteiger partial charge in [-0.15, -0.1) is 11.3 Å². The predicted octanol–water partition coefficient (Wildman–Crippen LogP) is 1.52. The van der Waals surface area contributed by atoms with Crippen molar-refractivity contribution in [3.63, 3.8) is 0 Å². The van der Waals surface area contributed by atoms with Crippen molar-refractivity contribution in [1.29, 1.82) is 0 Å². The van der Waals surface area contributed by atoms with Gasteiger partial charge >= 0.3 is 0 Å². The van der Waals surface area contributed by atoms with Crippen LogP contribution in [-0.4, -0.2) is 34.0 Å². The van der Waals surface area contributed by atoms with E-state index in [9.17, 15) is 4.79 Å². The zero-order chi connectivity index (χ0) is 14.3. The molecule has 0 saturated carbocycles. The Labute approximate surface area is 121 Å². The van der Waals surface area contributed by atoms with Gasteiger partial charge in [0.25, 0.3) is 5.56 Å². The van der Waals surface area contributed by atoms with Crippen LogP contribution in [0.3, 0.4) is 0 Å². The van der Waals surface area contributed by atoms with E-state index in [0.29, 0.717) is 19.1 Å². The van der Waals surface area contributed by atoms with Crippen LogP contribution in [0, 0.1) is 13.8 Å². The maximum Gasteiger partial charge on any atom is 0.259 e. The Kier molecular flexibility index (Phi) is 3.62. The van der Waals surface area contributed by atoms with Crippen molar-refractivity contribution < 1.29 is 0 Å². The van der Waals surface area contributed by atoms with Gasteiger partial charge < -0.3 is 10.7 Å². The summed E-state index contributed by atoms with van der Waals surface area (Å²) in [6.45, 7) is 6.40. The summed E-state index contributed by atoms with van der Waals surface area (Å²) in [6.07, 6.45) is 2.31. The molecule has 2 aromatic heterocycles. The summed E-state index contributed by atoms with van der Waals surface area (Å²) in [5, 5.41) is 0.744. The number of likely N-dealkylation sites (tertiary alicyclic amines) is 1. The summed E-state index contributed by atoms with van der Waals surface area (Å²) in [6, 6.07) is 0.419. The van der Waals surface area contributed by atoms with Crippen LogP contribution in [0.1, 0.15) is 29.1 Å². The third-order valence-electron chi connectivity index (χ3n) is 4.21. The molecule has 0 spiro atoms.